The molecule has 5 nitrogen and oxygen atoms in total. The van der Waals surface area contributed by atoms with E-state index < -0.39 is 0 Å². The van der Waals surface area contributed by atoms with E-state index in [9.17, 15) is 0 Å². The van der Waals surface area contributed by atoms with Crippen molar-refractivity contribution < 1.29 is 8.94 Å². The summed E-state index contributed by atoms with van der Waals surface area (Å²) >= 11 is 0. The maximum Gasteiger partial charge on any atom is 0.241 e. The Balaban J connectivity index is 1.66. The van der Waals surface area contributed by atoms with Crippen molar-refractivity contribution in [3.05, 3.63) is 24.3 Å². The van der Waals surface area contributed by atoms with Crippen molar-refractivity contribution in [2.45, 2.75) is 52.6 Å². The van der Waals surface area contributed by atoms with E-state index in [1.165, 1.54) is 19.3 Å². The molecule has 0 spiro atoms. The Hall–Kier alpha value is -1.62. The van der Waals surface area contributed by atoms with Crippen molar-refractivity contribution in [1.29, 1.82) is 0 Å². The maximum atomic E-state index is 5.37. The molecule has 3 heterocycles. The van der Waals surface area contributed by atoms with E-state index in [1.54, 1.807) is 6.26 Å². The summed E-state index contributed by atoms with van der Waals surface area (Å²) in [5, 5.41) is 3.99. The number of furan rings is 1. The quantitative estimate of drug-likeness (QED) is 0.858. The van der Waals surface area contributed by atoms with Crippen LogP contribution in [0.2, 0.25) is 0 Å². The fraction of sp³-hybridized carbons (Fsp3) is 0.625. The van der Waals surface area contributed by atoms with Gasteiger partial charge in [-0.05, 0) is 43.4 Å². The molecule has 1 fully saturated rings. The zero-order valence-corrected chi connectivity index (χ0v) is 13.0. The van der Waals surface area contributed by atoms with Crippen molar-refractivity contribution in [3.8, 4) is 11.6 Å². The van der Waals surface area contributed by atoms with Gasteiger partial charge in [-0.1, -0.05) is 25.9 Å². The summed E-state index contributed by atoms with van der Waals surface area (Å²) in [7, 11) is 0. The van der Waals surface area contributed by atoms with Crippen LogP contribution in [0.15, 0.2) is 27.3 Å². The molecule has 0 aromatic carbocycles. The Morgan fingerprint density at radius 3 is 2.95 bits per heavy atom. The molecule has 2 aromatic rings. The number of hydrogen-bond acceptors (Lipinski definition) is 5. The summed E-state index contributed by atoms with van der Waals surface area (Å²) in [5.74, 6) is 1.85. The molecule has 0 saturated carbocycles. The Labute approximate surface area is 125 Å². The first-order valence-corrected chi connectivity index (χ1v) is 7.62. The predicted octanol–water partition coefficient (Wildman–Crippen LogP) is 3.73. The maximum absolute atomic E-state index is 5.37. The van der Waals surface area contributed by atoms with E-state index in [4.69, 9.17) is 8.94 Å². The molecule has 114 valence electrons. The van der Waals surface area contributed by atoms with Gasteiger partial charge >= 0.3 is 0 Å². The number of nitrogens with zero attached hydrogens (tertiary/aromatic N) is 3. The van der Waals surface area contributed by atoms with Gasteiger partial charge in [-0.25, -0.2) is 0 Å². The van der Waals surface area contributed by atoms with Gasteiger partial charge in [0, 0.05) is 6.04 Å². The molecule has 1 saturated heterocycles. The van der Waals surface area contributed by atoms with Gasteiger partial charge in [-0.2, -0.15) is 4.98 Å². The average molecular weight is 289 g/mol. The van der Waals surface area contributed by atoms with E-state index in [0.29, 0.717) is 28.9 Å². The lowest BCUT2D eigenvalue weighted by Gasteiger charge is -2.29. The molecule has 0 bridgehead atoms. The van der Waals surface area contributed by atoms with Gasteiger partial charge in [0.2, 0.25) is 11.7 Å². The Bertz CT molecular complexity index is 569. The lowest BCUT2D eigenvalue weighted by atomic mass is 9.87. The molecule has 0 N–H and O–H groups in total. The first-order chi connectivity index (χ1) is 10.0. The van der Waals surface area contributed by atoms with E-state index in [0.717, 1.165) is 13.1 Å². The Kier molecular flexibility index (Phi) is 3.85. The summed E-state index contributed by atoms with van der Waals surface area (Å²) in [4.78, 5) is 6.90. The summed E-state index contributed by atoms with van der Waals surface area (Å²) in [6, 6.07) is 4.28. The predicted molar refractivity (Wildman–Crippen MR) is 79.5 cm³/mol. The van der Waals surface area contributed by atoms with Crippen LogP contribution in [0.25, 0.3) is 11.6 Å². The molecular weight excluding hydrogens is 266 g/mol. The Morgan fingerprint density at radius 1 is 1.38 bits per heavy atom. The van der Waals surface area contributed by atoms with E-state index in [1.807, 2.05) is 12.1 Å². The third-order valence-corrected chi connectivity index (χ3v) is 3.90. The monoisotopic (exact) mass is 289 g/mol. The van der Waals surface area contributed by atoms with Crippen molar-refractivity contribution >= 4 is 0 Å². The summed E-state index contributed by atoms with van der Waals surface area (Å²) in [5.41, 5.74) is 0.349. The summed E-state index contributed by atoms with van der Waals surface area (Å²) in [6.45, 7) is 8.73. The number of hydrogen-bond donors (Lipinski definition) is 0. The highest BCUT2D eigenvalue weighted by atomic mass is 16.5. The fourth-order valence-electron chi connectivity index (χ4n) is 3.04. The van der Waals surface area contributed by atoms with Gasteiger partial charge < -0.3 is 8.94 Å². The van der Waals surface area contributed by atoms with E-state index in [2.05, 4.69) is 35.8 Å². The number of rotatable bonds is 4. The third-order valence-electron chi connectivity index (χ3n) is 3.90. The van der Waals surface area contributed by atoms with Gasteiger partial charge in [-0.3, -0.25) is 4.90 Å². The first kappa shape index (κ1) is 14.3. The van der Waals surface area contributed by atoms with Gasteiger partial charge in [0.05, 0.1) is 12.8 Å². The van der Waals surface area contributed by atoms with Crippen LogP contribution in [0.4, 0.5) is 0 Å². The van der Waals surface area contributed by atoms with Crippen LogP contribution in [-0.2, 0) is 6.54 Å². The number of likely N-dealkylation sites (tertiary alicyclic amines) is 1. The zero-order chi connectivity index (χ0) is 14.9. The summed E-state index contributed by atoms with van der Waals surface area (Å²) in [6.07, 6.45) is 5.33. The van der Waals surface area contributed by atoms with Crippen LogP contribution in [0.1, 0.15) is 45.9 Å². The van der Waals surface area contributed by atoms with Gasteiger partial charge in [0.15, 0.2) is 5.76 Å². The molecule has 21 heavy (non-hydrogen) atoms. The molecule has 1 aliphatic rings. The second-order valence-corrected chi connectivity index (χ2v) is 7.02. The molecule has 1 atom stereocenters. The van der Waals surface area contributed by atoms with E-state index in [-0.39, 0.29) is 0 Å². The van der Waals surface area contributed by atoms with Crippen LogP contribution < -0.4 is 0 Å². The van der Waals surface area contributed by atoms with Gasteiger partial charge in [-0.15, -0.1) is 0 Å². The molecule has 0 amide bonds. The first-order valence-electron chi connectivity index (χ1n) is 7.62. The molecule has 3 rings (SSSR count). The minimum absolute atomic E-state index is 0.349. The lowest BCUT2D eigenvalue weighted by Crippen LogP contribution is -2.32. The van der Waals surface area contributed by atoms with Gasteiger partial charge in [0.1, 0.15) is 0 Å². The third kappa shape index (κ3) is 3.53. The van der Waals surface area contributed by atoms with Crippen molar-refractivity contribution in [3.63, 3.8) is 0 Å². The molecule has 0 unspecified atom stereocenters. The van der Waals surface area contributed by atoms with Crippen molar-refractivity contribution in [2.75, 3.05) is 6.54 Å². The topological polar surface area (TPSA) is 55.3 Å². The zero-order valence-electron chi connectivity index (χ0n) is 13.0. The lowest BCUT2D eigenvalue weighted by molar-refractivity contribution is 0.167. The highest BCUT2D eigenvalue weighted by molar-refractivity contribution is 5.44. The SMILES string of the molecule is CC(C)(C)C[C@@H]1CCCN1Cc1nc(-c2ccco2)no1. The normalized spacial score (nSPS) is 20.2. The van der Waals surface area contributed by atoms with Crippen LogP contribution in [0.5, 0.6) is 0 Å². The van der Waals surface area contributed by atoms with Crippen LogP contribution >= 0.6 is 0 Å². The highest BCUT2D eigenvalue weighted by Crippen LogP contribution is 2.30. The smallest absolute Gasteiger partial charge is 0.241 e. The van der Waals surface area contributed by atoms with Crippen LogP contribution in [0, 0.1) is 5.41 Å². The highest BCUT2D eigenvalue weighted by Gasteiger charge is 2.29. The standard InChI is InChI=1S/C16H23N3O2/c1-16(2,3)10-12-6-4-8-19(12)11-14-17-15(18-21-14)13-7-5-9-20-13/h5,7,9,12H,4,6,8,10-11H2,1-3H3/t12-/m0/s1. The molecule has 2 aromatic heterocycles. The minimum atomic E-state index is 0.349. The molecule has 0 aliphatic carbocycles. The minimum Gasteiger partial charge on any atom is -0.461 e. The summed E-state index contributed by atoms with van der Waals surface area (Å²) < 4.78 is 10.7. The van der Waals surface area contributed by atoms with Crippen molar-refractivity contribution in [1.82, 2.24) is 15.0 Å². The molecule has 1 aliphatic heterocycles. The van der Waals surface area contributed by atoms with E-state index >= 15 is 0 Å². The molecule has 0 radical (unpaired) electrons. The van der Waals surface area contributed by atoms with Crippen LogP contribution in [-0.4, -0.2) is 27.6 Å². The number of aromatic nitrogens is 2. The second kappa shape index (κ2) is 5.64. The second-order valence-electron chi connectivity index (χ2n) is 7.02. The molecular formula is C16H23N3O2. The molecule has 5 heteroatoms. The van der Waals surface area contributed by atoms with Gasteiger partial charge in [0.25, 0.3) is 0 Å². The fourth-order valence-corrected chi connectivity index (χ4v) is 3.04. The largest absolute Gasteiger partial charge is 0.461 e. The van der Waals surface area contributed by atoms with Crippen molar-refractivity contribution in [2.24, 2.45) is 5.41 Å². The van der Waals surface area contributed by atoms with Crippen LogP contribution in [0.3, 0.4) is 0 Å². The average Bonchev–Trinajstić information content (AvgIpc) is 3.10. The Morgan fingerprint density at radius 2 is 2.24 bits per heavy atom.